The van der Waals surface area contributed by atoms with Crippen molar-refractivity contribution in [3.63, 3.8) is 0 Å². The van der Waals surface area contributed by atoms with Gasteiger partial charge in [-0.15, -0.1) is 0 Å². The van der Waals surface area contributed by atoms with Gasteiger partial charge in [-0.3, -0.25) is 4.79 Å². The Hall–Kier alpha value is -1.32. The van der Waals surface area contributed by atoms with E-state index in [1.54, 1.807) is 6.20 Å². The Morgan fingerprint density at radius 2 is 2.40 bits per heavy atom. The number of aryl methyl sites for hydroxylation is 1. The van der Waals surface area contributed by atoms with Crippen molar-refractivity contribution in [3.8, 4) is 0 Å². The number of hydrogen-bond acceptors (Lipinski definition) is 3. The molecule has 4 heteroatoms. The quantitative estimate of drug-likeness (QED) is 0.805. The van der Waals surface area contributed by atoms with Crippen LogP contribution in [-0.2, 0) is 11.2 Å². The Kier molecular flexibility index (Phi) is 1.69. The zero-order valence-corrected chi connectivity index (χ0v) is 8.40. The molecule has 1 heterocycles. The molecule has 15 heavy (non-hydrogen) atoms. The van der Waals surface area contributed by atoms with Crippen LogP contribution in [0.4, 0.5) is 0 Å². The van der Waals surface area contributed by atoms with Gasteiger partial charge in [-0.2, -0.15) is 0 Å². The van der Waals surface area contributed by atoms with Gasteiger partial charge < -0.3 is 9.63 Å². The number of aromatic nitrogens is 1. The first-order chi connectivity index (χ1) is 7.21. The predicted octanol–water partition coefficient (Wildman–Crippen LogP) is 1.96. The fourth-order valence-electron chi connectivity index (χ4n) is 2.82. The molecule has 1 atom stereocenters. The summed E-state index contributed by atoms with van der Waals surface area (Å²) in [6.07, 6.45) is 6.30. The lowest BCUT2D eigenvalue weighted by Gasteiger charge is -2.28. The van der Waals surface area contributed by atoms with E-state index in [4.69, 9.17) is 9.63 Å². The van der Waals surface area contributed by atoms with Crippen LogP contribution >= 0.6 is 0 Å². The van der Waals surface area contributed by atoms with E-state index >= 15 is 0 Å². The van der Waals surface area contributed by atoms with Crippen molar-refractivity contribution >= 4 is 5.97 Å². The van der Waals surface area contributed by atoms with Crippen LogP contribution in [0.5, 0.6) is 0 Å². The second-order valence-corrected chi connectivity index (χ2v) is 4.73. The number of fused-ring (bicyclic) bond motifs is 1. The molecule has 4 nitrogen and oxygen atoms in total. The van der Waals surface area contributed by atoms with Gasteiger partial charge in [-0.25, -0.2) is 0 Å². The smallest absolute Gasteiger partial charge is 0.304 e. The molecule has 0 radical (unpaired) electrons. The number of rotatable bonds is 2. The van der Waals surface area contributed by atoms with E-state index in [1.807, 2.05) is 0 Å². The standard InChI is InChI=1S/C11H13NO3/c13-9(14)5-8-10-7(6-12-15-10)1-2-11(8)3-4-11/h6,8H,1-5H2,(H,13,14). The fourth-order valence-corrected chi connectivity index (χ4v) is 2.82. The Morgan fingerprint density at radius 3 is 3.07 bits per heavy atom. The Balaban J connectivity index is 1.97. The summed E-state index contributed by atoms with van der Waals surface area (Å²) < 4.78 is 5.23. The van der Waals surface area contributed by atoms with Crippen LogP contribution in [0, 0.1) is 5.41 Å². The van der Waals surface area contributed by atoms with Crippen molar-refractivity contribution in [3.05, 3.63) is 17.5 Å². The lowest BCUT2D eigenvalue weighted by molar-refractivity contribution is -0.138. The first-order valence-corrected chi connectivity index (χ1v) is 5.36. The average molecular weight is 207 g/mol. The molecule has 2 aliphatic carbocycles. The van der Waals surface area contributed by atoms with Gasteiger partial charge in [0.15, 0.2) is 0 Å². The van der Waals surface area contributed by atoms with Gasteiger partial charge in [-0.1, -0.05) is 5.16 Å². The van der Waals surface area contributed by atoms with Crippen LogP contribution in [-0.4, -0.2) is 16.2 Å². The maximum Gasteiger partial charge on any atom is 0.304 e. The summed E-state index contributed by atoms with van der Waals surface area (Å²) in [6, 6.07) is 0. The largest absolute Gasteiger partial charge is 0.481 e. The van der Waals surface area contributed by atoms with Gasteiger partial charge in [-0.05, 0) is 31.1 Å². The number of hydrogen-bond donors (Lipinski definition) is 1. The second-order valence-electron chi connectivity index (χ2n) is 4.73. The van der Waals surface area contributed by atoms with Crippen molar-refractivity contribution in [2.24, 2.45) is 5.41 Å². The molecular formula is C11H13NO3. The SMILES string of the molecule is O=C(O)CC1c2oncc2CCC12CC2. The van der Waals surface area contributed by atoms with Crippen molar-refractivity contribution in [1.29, 1.82) is 0 Å². The highest BCUT2D eigenvalue weighted by Crippen LogP contribution is 2.62. The molecule has 1 saturated carbocycles. The molecule has 0 amide bonds. The monoisotopic (exact) mass is 207 g/mol. The van der Waals surface area contributed by atoms with Gasteiger partial charge in [0.2, 0.25) is 0 Å². The summed E-state index contributed by atoms with van der Waals surface area (Å²) in [5.74, 6) is 0.151. The maximum absolute atomic E-state index is 10.9. The molecule has 1 aromatic rings. The molecule has 1 unspecified atom stereocenters. The topological polar surface area (TPSA) is 63.3 Å². The average Bonchev–Trinajstić information content (AvgIpc) is 2.79. The minimum absolute atomic E-state index is 0.0567. The van der Waals surface area contributed by atoms with Crippen molar-refractivity contribution < 1.29 is 14.4 Å². The summed E-state index contributed by atoms with van der Waals surface area (Å²) in [5.41, 5.74) is 1.34. The molecule has 1 fully saturated rings. The number of carbonyl (C=O) groups is 1. The van der Waals surface area contributed by atoms with E-state index in [1.165, 1.54) is 0 Å². The van der Waals surface area contributed by atoms with E-state index in [0.717, 1.165) is 37.0 Å². The third kappa shape index (κ3) is 1.28. The zero-order chi connectivity index (χ0) is 10.5. The highest BCUT2D eigenvalue weighted by atomic mass is 16.5. The number of aliphatic carboxylic acids is 1. The normalized spacial score (nSPS) is 26.3. The third-order valence-corrected chi connectivity index (χ3v) is 3.89. The molecule has 1 spiro atoms. The first-order valence-electron chi connectivity index (χ1n) is 5.36. The molecule has 2 aliphatic rings. The Bertz CT molecular complexity index is 406. The maximum atomic E-state index is 10.9. The minimum atomic E-state index is -0.740. The van der Waals surface area contributed by atoms with Gasteiger partial charge in [0.1, 0.15) is 5.76 Å². The van der Waals surface area contributed by atoms with Crippen LogP contribution in [0.15, 0.2) is 10.7 Å². The van der Waals surface area contributed by atoms with E-state index in [0.29, 0.717) is 0 Å². The van der Waals surface area contributed by atoms with Crippen molar-refractivity contribution in [1.82, 2.24) is 5.16 Å². The molecule has 0 aromatic carbocycles. The van der Waals surface area contributed by atoms with Gasteiger partial charge in [0.25, 0.3) is 0 Å². The highest BCUT2D eigenvalue weighted by Gasteiger charge is 2.54. The van der Waals surface area contributed by atoms with Crippen LogP contribution in [0.1, 0.15) is 42.9 Å². The molecule has 0 aliphatic heterocycles. The van der Waals surface area contributed by atoms with Gasteiger partial charge >= 0.3 is 5.97 Å². The molecule has 1 aromatic heterocycles. The molecule has 1 N–H and O–H groups in total. The summed E-state index contributed by atoms with van der Waals surface area (Å²) in [7, 11) is 0. The van der Waals surface area contributed by atoms with Crippen molar-refractivity contribution in [2.45, 2.75) is 38.0 Å². The van der Waals surface area contributed by atoms with Crippen molar-refractivity contribution in [2.75, 3.05) is 0 Å². The molecule has 3 rings (SSSR count). The van der Waals surface area contributed by atoms with Crippen LogP contribution in [0.2, 0.25) is 0 Å². The van der Waals surface area contributed by atoms with Crippen LogP contribution in [0.25, 0.3) is 0 Å². The summed E-state index contributed by atoms with van der Waals surface area (Å²) in [5, 5.41) is 12.7. The Morgan fingerprint density at radius 1 is 1.60 bits per heavy atom. The lowest BCUT2D eigenvalue weighted by atomic mass is 9.75. The van der Waals surface area contributed by atoms with Crippen LogP contribution in [0.3, 0.4) is 0 Å². The number of carboxylic acids is 1. The van der Waals surface area contributed by atoms with Gasteiger partial charge in [0, 0.05) is 11.5 Å². The fraction of sp³-hybridized carbons (Fsp3) is 0.636. The number of nitrogens with zero attached hydrogens (tertiary/aromatic N) is 1. The zero-order valence-electron chi connectivity index (χ0n) is 8.40. The second kappa shape index (κ2) is 2.84. The lowest BCUT2D eigenvalue weighted by Crippen LogP contribution is -2.23. The molecule has 0 saturated heterocycles. The van der Waals surface area contributed by atoms with E-state index in [-0.39, 0.29) is 17.8 Å². The summed E-state index contributed by atoms with van der Waals surface area (Å²) in [4.78, 5) is 10.9. The first kappa shape index (κ1) is 8.95. The number of carboxylic acid groups (broad SMARTS) is 1. The van der Waals surface area contributed by atoms with E-state index < -0.39 is 5.97 Å². The van der Waals surface area contributed by atoms with E-state index in [9.17, 15) is 4.79 Å². The van der Waals surface area contributed by atoms with Gasteiger partial charge in [0.05, 0.1) is 12.6 Å². The van der Waals surface area contributed by atoms with Crippen LogP contribution < -0.4 is 0 Å². The molecule has 0 bridgehead atoms. The summed E-state index contributed by atoms with van der Waals surface area (Å²) in [6.45, 7) is 0. The molecular weight excluding hydrogens is 194 g/mol. The summed E-state index contributed by atoms with van der Waals surface area (Å²) >= 11 is 0. The third-order valence-electron chi connectivity index (χ3n) is 3.89. The van der Waals surface area contributed by atoms with E-state index in [2.05, 4.69) is 5.16 Å². The minimum Gasteiger partial charge on any atom is -0.481 e. The highest BCUT2D eigenvalue weighted by molar-refractivity contribution is 5.68. The predicted molar refractivity (Wildman–Crippen MR) is 51.5 cm³/mol. The molecule has 80 valence electrons. The Labute approximate surface area is 87.3 Å².